The van der Waals surface area contributed by atoms with Gasteiger partial charge in [-0.25, -0.2) is 4.79 Å². The molecule has 0 saturated heterocycles. The van der Waals surface area contributed by atoms with E-state index in [0.29, 0.717) is 17.1 Å². The number of esters is 1. The highest BCUT2D eigenvalue weighted by molar-refractivity contribution is 5.87. The second-order valence-electron chi connectivity index (χ2n) is 5.23. The Morgan fingerprint density at radius 3 is 2.00 bits per heavy atom. The van der Waals surface area contributed by atoms with E-state index in [1.54, 1.807) is 42.5 Å². The van der Waals surface area contributed by atoms with Crippen LogP contribution in [-0.4, -0.2) is 37.0 Å². The van der Waals surface area contributed by atoms with E-state index in [9.17, 15) is 15.0 Å². The van der Waals surface area contributed by atoms with Crippen molar-refractivity contribution in [1.29, 1.82) is 0 Å². The number of methoxy groups -OCH3 is 2. The minimum atomic E-state index is -0.495. The van der Waals surface area contributed by atoms with Crippen LogP contribution in [0.5, 0.6) is 23.0 Å². The Bertz CT molecular complexity index is 823. The van der Waals surface area contributed by atoms with E-state index in [1.807, 2.05) is 0 Å². The molecule has 6 heteroatoms. The summed E-state index contributed by atoms with van der Waals surface area (Å²) >= 11 is 0. The van der Waals surface area contributed by atoms with Crippen molar-refractivity contribution in [2.45, 2.75) is 0 Å². The fourth-order valence-electron chi connectivity index (χ4n) is 2.12. The van der Waals surface area contributed by atoms with E-state index in [-0.39, 0.29) is 18.1 Å². The van der Waals surface area contributed by atoms with Crippen LogP contribution in [0, 0.1) is 0 Å². The average Bonchev–Trinajstić information content (AvgIpc) is 2.65. The zero-order chi connectivity index (χ0) is 18.9. The van der Waals surface area contributed by atoms with Crippen LogP contribution in [0.3, 0.4) is 0 Å². The first-order valence-corrected chi connectivity index (χ1v) is 7.79. The second kappa shape index (κ2) is 9.17. The monoisotopic (exact) mass is 356 g/mol. The third kappa shape index (κ3) is 5.31. The lowest BCUT2D eigenvalue weighted by Crippen LogP contribution is -1.99. The molecule has 26 heavy (non-hydrogen) atoms. The van der Waals surface area contributed by atoms with Gasteiger partial charge >= 0.3 is 5.97 Å². The molecule has 2 rings (SSSR count). The van der Waals surface area contributed by atoms with Gasteiger partial charge in [-0.2, -0.15) is 0 Å². The molecule has 0 bridgehead atoms. The molecule has 2 aromatic carbocycles. The quantitative estimate of drug-likeness (QED) is 0.584. The zero-order valence-corrected chi connectivity index (χ0v) is 14.5. The van der Waals surface area contributed by atoms with Crippen LogP contribution in [0.1, 0.15) is 11.1 Å². The standard InChI is InChI=1S/C20H20O6/c1-24-18-12-14(5-8-16(18)21)4-3-11-26-20(23)10-7-15-6-9-17(22)19(13-15)25-2/h3-10,12-13,21-22H,11H2,1-2H3/b4-3+,10-7?. The van der Waals surface area contributed by atoms with Crippen molar-refractivity contribution in [1.82, 2.24) is 0 Å². The van der Waals surface area contributed by atoms with Crippen LogP contribution < -0.4 is 9.47 Å². The molecule has 2 aromatic rings. The molecule has 0 amide bonds. The molecule has 0 radical (unpaired) electrons. The van der Waals surface area contributed by atoms with Crippen molar-refractivity contribution in [2.24, 2.45) is 0 Å². The SMILES string of the molecule is COc1cc(C=CC(=O)OC/C=C/c2ccc(O)c(OC)c2)ccc1O. The summed E-state index contributed by atoms with van der Waals surface area (Å²) in [7, 11) is 2.92. The van der Waals surface area contributed by atoms with Gasteiger partial charge in [0.1, 0.15) is 6.61 Å². The molecule has 0 aliphatic rings. The van der Waals surface area contributed by atoms with Crippen LogP contribution in [-0.2, 0) is 9.53 Å². The average molecular weight is 356 g/mol. The van der Waals surface area contributed by atoms with E-state index in [2.05, 4.69) is 0 Å². The second-order valence-corrected chi connectivity index (χ2v) is 5.23. The highest BCUT2D eigenvalue weighted by atomic mass is 16.5. The number of hydrogen-bond acceptors (Lipinski definition) is 6. The summed E-state index contributed by atoms with van der Waals surface area (Å²) in [6.45, 7) is 0.102. The maximum Gasteiger partial charge on any atom is 0.331 e. The van der Waals surface area contributed by atoms with Crippen LogP contribution >= 0.6 is 0 Å². The largest absolute Gasteiger partial charge is 0.504 e. The van der Waals surface area contributed by atoms with E-state index in [0.717, 1.165) is 5.56 Å². The van der Waals surface area contributed by atoms with E-state index >= 15 is 0 Å². The number of phenolic OH excluding ortho intramolecular Hbond substituents is 2. The summed E-state index contributed by atoms with van der Waals surface area (Å²) < 4.78 is 15.1. The molecule has 0 aliphatic carbocycles. The van der Waals surface area contributed by atoms with Gasteiger partial charge in [-0.1, -0.05) is 18.2 Å². The number of hydrogen-bond donors (Lipinski definition) is 2. The molecular formula is C20H20O6. The number of carbonyl (C=O) groups is 1. The van der Waals surface area contributed by atoms with Gasteiger partial charge in [-0.15, -0.1) is 0 Å². The highest BCUT2D eigenvalue weighted by Gasteiger charge is 2.02. The first kappa shape index (κ1) is 18.9. The molecule has 6 nitrogen and oxygen atoms in total. The van der Waals surface area contributed by atoms with Crippen molar-refractivity contribution in [3.8, 4) is 23.0 Å². The van der Waals surface area contributed by atoms with Crippen LogP contribution in [0.4, 0.5) is 0 Å². The van der Waals surface area contributed by atoms with Gasteiger partial charge in [0, 0.05) is 6.08 Å². The molecule has 0 aliphatic heterocycles. The number of phenols is 2. The Kier molecular flexibility index (Phi) is 6.68. The summed E-state index contributed by atoms with van der Waals surface area (Å²) in [6.07, 6.45) is 6.30. The molecule has 0 aromatic heterocycles. The van der Waals surface area contributed by atoms with Gasteiger partial charge in [0.15, 0.2) is 23.0 Å². The van der Waals surface area contributed by atoms with Gasteiger partial charge in [0.05, 0.1) is 14.2 Å². The predicted octanol–water partition coefficient (Wildman–Crippen LogP) is 3.38. The van der Waals surface area contributed by atoms with Gasteiger partial charge in [0.25, 0.3) is 0 Å². The summed E-state index contributed by atoms with van der Waals surface area (Å²) in [5, 5.41) is 19.1. The summed E-state index contributed by atoms with van der Waals surface area (Å²) in [5.41, 5.74) is 1.51. The Labute approximate surface area is 151 Å². The molecule has 0 spiro atoms. The van der Waals surface area contributed by atoms with Crippen molar-refractivity contribution in [2.75, 3.05) is 20.8 Å². The molecule has 2 N–H and O–H groups in total. The van der Waals surface area contributed by atoms with Crippen molar-refractivity contribution < 1.29 is 29.2 Å². The normalized spacial score (nSPS) is 11.0. The Hall–Kier alpha value is -3.41. The zero-order valence-electron chi connectivity index (χ0n) is 14.5. The Balaban J connectivity index is 1.87. The summed E-state index contributed by atoms with van der Waals surface area (Å²) in [6, 6.07) is 9.66. The van der Waals surface area contributed by atoms with E-state index < -0.39 is 5.97 Å². The minimum Gasteiger partial charge on any atom is -0.504 e. The molecule has 0 saturated carbocycles. The predicted molar refractivity (Wildman–Crippen MR) is 98.3 cm³/mol. The summed E-state index contributed by atoms with van der Waals surface area (Å²) in [4.78, 5) is 11.7. The van der Waals surface area contributed by atoms with Gasteiger partial charge < -0.3 is 24.4 Å². The van der Waals surface area contributed by atoms with Gasteiger partial charge in [0.2, 0.25) is 0 Å². The van der Waals surface area contributed by atoms with Crippen molar-refractivity contribution >= 4 is 18.1 Å². The van der Waals surface area contributed by atoms with Crippen molar-refractivity contribution in [3.63, 3.8) is 0 Å². The van der Waals surface area contributed by atoms with E-state index in [1.165, 1.54) is 32.4 Å². The first-order valence-electron chi connectivity index (χ1n) is 7.79. The number of rotatable bonds is 7. The molecule has 136 valence electrons. The third-order valence-corrected chi connectivity index (χ3v) is 3.45. The number of aromatic hydroxyl groups is 2. The lowest BCUT2D eigenvalue weighted by Gasteiger charge is -2.04. The molecular weight excluding hydrogens is 336 g/mol. The Morgan fingerprint density at radius 1 is 0.923 bits per heavy atom. The fourth-order valence-corrected chi connectivity index (χ4v) is 2.12. The molecule has 0 heterocycles. The number of carbonyl (C=O) groups excluding carboxylic acids is 1. The topological polar surface area (TPSA) is 85.2 Å². The van der Waals surface area contributed by atoms with Crippen LogP contribution in [0.15, 0.2) is 48.6 Å². The van der Waals surface area contributed by atoms with Crippen LogP contribution in [0.25, 0.3) is 12.2 Å². The maximum atomic E-state index is 11.7. The number of benzene rings is 2. The lowest BCUT2D eigenvalue weighted by molar-refractivity contribution is -0.136. The molecule has 0 unspecified atom stereocenters. The number of ether oxygens (including phenoxy) is 3. The first-order chi connectivity index (χ1) is 12.5. The Morgan fingerprint density at radius 2 is 1.46 bits per heavy atom. The molecule has 0 fully saturated rings. The lowest BCUT2D eigenvalue weighted by atomic mass is 10.2. The van der Waals surface area contributed by atoms with Crippen LogP contribution in [0.2, 0.25) is 0 Å². The molecule has 0 atom stereocenters. The minimum absolute atomic E-state index is 0.0308. The summed E-state index contributed by atoms with van der Waals surface area (Å²) in [5.74, 6) is 0.296. The van der Waals surface area contributed by atoms with E-state index in [4.69, 9.17) is 14.2 Å². The fraction of sp³-hybridized carbons (Fsp3) is 0.150. The van der Waals surface area contributed by atoms with Gasteiger partial charge in [-0.05, 0) is 47.5 Å². The van der Waals surface area contributed by atoms with Gasteiger partial charge in [-0.3, -0.25) is 0 Å². The smallest absolute Gasteiger partial charge is 0.331 e. The highest BCUT2D eigenvalue weighted by Crippen LogP contribution is 2.27. The van der Waals surface area contributed by atoms with Crippen molar-refractivity contribution in [3.05, 3.63) is 59.7 Å². The maximum absolute atomic E-state index is 11.7. The third-order valence-electron chi connectivity index (χ3n) is 3.45.